The smallest absolute Gasteiger partial charge is 0.265 e. The molecule has 92 valence electrons. The quantitative estimate of drug-likeness (QED) is 0.896. The number of nitrogens with zero attached hydrogens (tertiary/aromatic N) is 1. The van der Waals surface area contributed by atoms with E-state index in [1.807, 2.05) is 30.3 Å². The molecule has 0 spiro atoms. The lowest BCUT2D eigenvalue weighted by atomic mass is 10.3. The molecule has 0 aliphatic carbocycles. The summed E-state index contributed by atoms with van der Waals surface area (Å²) in [5.74, 6) is 0.486. The van der Waals surface area contributed by atoms with Crippen molar-refractivity contribution in [3.63, 3.8) is 0 Å². The van der Waals surface area contributed by atoms with Gasteiger partial charge in [0.25, 0.3) is 5.91 Å². The van der Waals surface area contributed by atoms with Crippen molar-refractivity contribution < 1.29 is 9.53 Å². The summed E-state index contributed by atoms with van der Waals surface area (Å²) in [6.45, 7) is 1.71. The molecule has 0 aliphatic heterocycles. The molecule has 1 aromatic carbocycles. The number of benzene rings is 1. The first-order chi connectivity index (χ1) is 8.75. The van der Waals surface area contributed by atoms with E-state index in [0.717, 1.165) is 0 Å². The number of carbonyl (C=O) groups excluding carboxylic acids is 1. The van der Waals surface area contributed by atoms with Crippen LogP contribution in [0.3, 0.4) is 0 Å². The van der Waals surface area contributed by atoms with Crippen LogP contribution in [0.15, 0.2) is 54.9 Å². The van der Waals surface area contributed by atoms with Gasteiger partial charge in [-0.05, 0) is 31.2 Å². The Labute approximate surface area is 106 Å². The average molecular weight is 242 g/mol. The van der Waals surface area contributed by atoms with Gasteiger partial charge in [0.15, 0.2) is 6.10 Å². The van der Waals surface area contributed by atoms with Crippen molar-refractivity contribution >= 4 is 11.6 Å². The zero-order valence-corrected chi connectivity index (χ0v) is 10.0. The summed E-state index contributed by atoms with van der Waals surface area (Å²) in [4.78, 5) is 15.7. The molecule has 1 N–H and O–H groups in total. The fourth-order valence-electron chi connectivity index (χ4n) is 1.44. The normalized spacial score (nSPS) is 11.6. The van der Waals surface area contributed by atoms with Crippen LogP contribution in [-0.4, -0.2) is 17.0 Å². The zero-order valence-electron chi connectivity index (χ0n) is 10.0. The highest BCUT2D eigenvalue weighted by Gasteiger charge is 2.14. The first-order valence-corrected chi connectivity index (χ1v) is 5.68. The first kappa shape index (κ1) is 12.1. The van der Waals surface area contributed by atoms with E-state index in [2.05, 4.69) is 10.3 Å². The molecule has 0 saturated carbocycles. The highest BCUT2D eigenvalue weighted by atomic mass is 16.5. The van der Waals surface area contributed by atoms with Gasteiger partial charge in [0, 0.05) is 18.1 Å². The molecule has 2 aromatic rings. The largest absolute Gasteiger partial charge is 0.481 e. The fraction of sp³-hybridized carbons (Fsp3) is 0.143. The van der Waals surface area contributed by atoms with Crippen LogP contribution in [0.5, 0.6) is 5.75 Å². The van der Waals surface area contributed by atoms with Crippen molar-refractivity contribution in [2.24, 2.45) is 0 Å². The Morgan fingerprint density at radius 1 is 1.17 bits per heavy atom. The van der Waals surface area contributed by atoms with Crippen molar-refractivity contribution in [2.45, 2.75) is 13.0 Å². The minimum absolute atomic E-state index is 0.190. The average Bonchev–Trinajstić information content (AvgIpc) is 2.41. The van der Waals surface area contributed by atoms with Gasteiger partial charge >= 0.3 is 0 Å². The van der Waals surface area contributed by atoms with Crippen LogP contribution in [0, 0.1) is 0 Å². The molecule has 0 aliphatic rings. The number of anilines is 1. The van der Waals surface area contributed by atoms with Gasteiger partial charge in [0.05, 0.1) is 0 Å². The van der Waals surface area contributed by atoms with Crippen molar-refractivity contribution in [1.82, 2.24) is 4.98 Å². The molecule has 1 atom stereocenters. The van der Waals surface area contributed by atoms with Gasteiger partial charge in [0.1, 0.15) is 5.75 Å². The highest BCUT2D eigenvalue weighted by molar-refractivity contribution is 5.93. The third-order valence-corrected chi connectivity index (χ3v) is 2.37. The molecule has 0 radical (unpaired) electrons. The Kier molecular flexibility index (Phi) is 3.91. The molecule has 1 amide bonds. The molecule has 0 fully saturated rings. The molecule has 0 bridgehead atoms. The lowest BCUT2D eigenvalue weighted by molar-refractivity contribution is -0.122. The Bertz CT molecular complexity index is 500. The number of para-hydroxylation sites is 1. The number of hydrogen-bond acceptors (Lipinski definition) is 3. The van der Waals surface area contributed by atoms with Crippen LogP contribution >= 0.6 is 0 Å². The summed E-state index contributed by atoms with van der Waals surface area (Å²) >= 11 is 0. The number of aromatic nitrogens is 1. The van der Waals surface area contributed by atoms with E-state index < -0.39 is 6.10 Å². The van der Waals surface area contributed by atoms with E-state index in [1.165, 1.54) is 0 Å². The second-order valence-electron chi connectivity index (χ2n) is 3.80. The summed E-state index contributed by atoms with van der Waals surface area (Å²) in [6, 6.07) is 12.7. The number of nitrogens with one attached hydrogen (secondary N) is 1. The number of carbonyl (C=O) groups is 1. The van der Waals surface area contributed by atoms with Crippen LogP contribution in [0.2, 0.25) is 0 Å². The lowest BCUT2D eigenvalue weighted by Crippen LogP contribution is -2.30. The zero-order chi connectivity index (χ0) is 12.8. The minimum atomic E-state index is -0.555. The first-order valence-electron chi connectivity index (χ1n) is 5.68. The molecule has 0 unspecified atom stereocenters. The fourth-order valence-corrected chi connectivity index (χ4v) is 1.44. The van der Waals surface area contributed by atoms with Gasteiger partial charge in [-0.3, -0.25) is 9.78 Å². The second kappa shape index (κ2) is 5.82. The number of ether oxygens (including phenoxy) is 1. The van der Waals surface area contributed by atoms with Crippen LogP contribution < -0.4 is 10.1 Å². The van der Waals surface area contributed by atoms with Crippen molar-refractivity contribution in [2.75, 3.05) is 5.32 Å². The molecule has 1 aromatic heterocycles. The molecule has 4 nitrogen and oxygen atoms in total. The van der Waals surface area contributed by atoms with E-state index in [4.69, 9.17) is 4.74 Å². The standard InChI is InChI=1S/C14H14N2O2/c1-11(18-13-5-3-2-4-6-13)14(17)16-12-7-9-15-10-8-12/h2-11H,1H3,(H,15,16,17)/t11-/m0/s1. The maximum Gasteiger partial charge on any atom is 0.265 e. The molecular formula is C14H14N2O2. The van der Waals surface area contributed by atoms with E-state index in [9.17, 15) is 4.79 Å². The summed E-state index contributed by atoms with van der Waals surface area (Å²) in [6.07, 6.45) is 2.69. The minimum Gasteiger partial charge on any atom is -0.481 e. The highest BCUT2D eigenvalue weighted by Crippen LogP contribution is 2.12. The predicted molar refractivity (Wildman–Crippen MR) is 69.4 cm³/mol. The van der Waals surface area contributed by atoms with Gasteiger partial charge in [-0.25, -0.2) is 0 Å². The summed E-state index contributed by atoms with van der Waals surface area (Å²) in [7, 11) is 0. The SMILES string of the molecule is C[C@H](Oc1ccccc1)C(=O)Nc1ccncc1. The van der Waals surface area contributed by atoms with Crippen LogP contribution in [-0.2, 0) is 4.79 Å². The Morgan fingerprint density at radius 2 is 1.83 bits per heavy atom. The third kappa shape index (κ3) is 3.31. The monoisotopic (exact) mass is 242 g/mol. The Balaban J connectivity index is 1.93. The number of pyridine rings is 1. The number of amides is 1. The van der Waals surface area contributed by atoms with Crippen LogP contribution in [0.25, 0.3) is 0 Å². The molecular weight excluding hydrogens is 228 g/mol. The van der Waals surface area contributed by atoms with Gasteiger partial charge in [-0.15, -0.1) is 0 Å². The van der Waals surface area contributed by atoms with Crippen molar-refractivity contribution in [3.05, 3.63) is 54.9 Å². The topological polar surface area (TPSA) is 51.2 Å². The van der Waals surface area contributed by atoms with Gasteiger partial charge in [-0.1, -0.05) is 18.2 Å². The van der Waals surface area contributed by atoms with E-state index in [-0.39, 0.29) is 5.91 Å². The number of hydrogen-bond donors (Lipinski definition) is 1. The maximum absolute atomic E-state index is 11.9. The summed E-state index contributed by atoms with van der Waals surface area (Å²) < 4.78 is 5.52. The molecule has 2 rings (SSSR count). The predicted octanol–water partition coefficient (Wildman–Crippen LogP) is 2.49. The molecule has 0 saturated heterocycles. The maximum atomic E-state index is 11.9. The summed E-state index contributed by atoms with van der Waals surface area (Å²) in [5.41, 5.74) is 0.707. The van der Waals surface area contributed by atoms with E-state index >= 15 is 0 Å². The second-order valence-corrected chi connectivity index (χ2v) is 3.80. The van der Waals surface area contributed by atoms with Gasteiger partial charge in [0.2, 0.25) is 0 Å². The summed E-state index contributed by atoms with van der Waals surface area (Å²) in [5, 5.41) is 2.76. The van der Waals surface area contributed by atoms with Crippen molar-refractivity contribution in [3.8, 4) is 5.75 Å². The van der Waals surface area contributed by atoms with Gasteiger partial charge < -0.3 is 10.1 Å². The third-order valence-electron chi connectivity index (χ3n) is 2.37. The van der Waals surface area contributed by atoms with Crippen molar-refractivity contribution in [1.29, 1.82) is 0 Å². The Hall–Kier alpha value is -2.36. The molecule has 1 heterocycles. The number of rotatable bonds is 4. The molecule has 4 heteroatoms. The molecule has 18 heavy (non-hydrogen) atoms. The van der Waals surface area contributed by atoms with E-state index in [1.54, 1.807) is 31.5 Å². The van der Waals surface area contributed by atoms with Crippen LogP contribution in [0.1, 0.15) is 6.92 Å². The Morgan fingerprint density at radius 3 is 2.50 bits per heavy atom. The van der Waals surface area contributed by atoms with Gasteiger partial charge in [-0.2, -0.15) is 0 Å². The lowest BCUT2D eigenvalue weighted by Gasteiger charge is -2.14. The van der Waals surface area contributed by atoms with E-state index in [0.29, 0.717) is 11.4 Å². The van der Waals surface area contributed by atoms with Crippen LogP contribution in [0.4, 0.5) is 5.69 Å².